The number of carbonyl (C=O) groups is 1. The van der Waals surface area contributed by atoms with E-state index in [1.807, 2.05) is 32.9 Å². The summed E-state index contributed by atoms with van der Waals surface area (Å²) in [6, 6.07) is 5.04. The number of benzene rings is 1. The zero-order chi connectivity index (χ0) is 17.4. The van der Waals surface area contributed by atoms with Crippen molar-refractivity contribution in [3.63, 3.8) is 0 Å². The molecule has 0 spiro atoms. The predicted octanol–water partition coefficient (Wildman–Crippen LogP) is 4.33. The summed E-state index contributed by atoms with van der Waals surface area (Å²) in [7, 11) is 0. The van der Waals surface area contributed by atoms with Gasteiger partial charge in [-0.15, -0.1) is 0 Å². The second kappa shape index (κ2) is 6.42. The first-order valence-corrected chi connectivity index (χ1v) is 8.61. The lowest BCUT2D eigenvalue weighted by atomic mass is 9.94. The number of nitrogens with zero attached hydrogens (tertiary/aromatic N) is 1. The maximum Gasteiger partial charge on any atom is 0.229 e. The third kappa shape index (κ3) is 3.80. The Bertz CT molecular complexity index is 579. The molecule has 0 aliphatic carbocycles. The molecule has 4 nitrogen and oxygen atoms in total. The topological polar surface area (TPSA) is 58.4 Å². The van der Waals surface area contributed by atoms with E-state index >= 15 is 0 Å². The smallest absolute Gasteiger partial charge is 0.229 e. The lowest BCUT2D eigenvalue weighted by Gasteiger charge is -2.42. The second-order valence-electron chi connectivity index (χ2n) is 7.97. The Labute approximate surface area is 140 Å². The van der Waals surface area contributed by atoms with Crippen molar-refractivity contribution in [2.45, 2.75) is 72.9 Å². The van der Waals surface area contributed by atoms with Crippen LogP contribution in [-0.2, 0) is 4.79 Å². The fourth-order valence-electron chi connectivity index (χ4n) is 3.31. The van der Waals surface area contributed by atoms with E-state index in [-0.39, 0.29) is 5.91 Å². The van der Waals surface area contributed by atoms with Crippen LogP contribution < -0.4 is 16.0 Å². The van der Waals surface area contributed by atoms with Gasteiger partial charge in [0.2, 0.25) is 5.91 Å². The van der Waals surface area contributed by atoms with Gasteiger partial charge in [-0.05, 0) is 57.7 Å². The van der Waals surface area contributed by atoms with E-state index in [1.54, 1.807) is 0 Å². The molecular formula is C19H31N3O. The van der Waals surface area contributed by atoms with Crippen molar-refractivity contribution in [1.82, 2.24) is 0 Å². The quantitative estimate of drug-likeness (QED) is 0.798. The van der Waals surface area contributed by atoms with Gasteiger partial charge in [0, 0.05) is 23.2 Å². The van der Waals surface area contributed by atoms with Gasteiger partial charge in [-0.25, -0.2) is 0 Å². The SMILES string of the molecule is Cc1cc(N)c(NC(=O)C(C)(C)C)cc1N1[C@H](C)CCC[C@H]1C. The molecule has 23 heavy (non-hydrogen) atoms. The molecule has 1 aliphatic rings. The monoisotopic (exact) mass is 317 g/mol. The van der Waals surface area contributed by atoms with Crippen LogP contribution in [-0.4, -0.2) is 18.0 Å². The standard InChI is InChI=1S/C19H31N3O/c1-12-10-15(20)16(21-18(23)19(4,5)6)11-17(12)22-13(2)8-7-9-14(22)3/h10-11,13-14H,7-9,20H2,1-6H3,(H,21,23)/t13-,14-/m1/s1. The molecule has 1 amide bonds. The zero-order valence-electron chi connectivity index (χ0n) is 15.4. The third-order valence-electron chi connectivity index (χ3n) is 4.77. The Hall–Kier alpha value is -1.71. The molecule has 4 heteroatoms. The van der Waals surface area contributed by atoms with Crippen molar-refractivity contribution in [2.75, 3.05) is 16.0 Å². The number of nitrogens with one attached hydrogen (secondary N) is 1. The van der Waals surface area contributed by atoms with Crippen LogP contribution in [0.5, 0.6) is 0 Å². The molecule has 3 N–H and O–H groups in total. The lowest BCUT2D eigenvalue weighted by Crippen LogP contribution is -2.44. The maximum atomic E-state index is 12.3. The lowest BCUT2D eigenvalue weighted by molar-refractivity contribution is -0.123. The Morgan fingerprint density at radius 1 is 1.22 bits per heavy atom. The largest absolute Gasteiger partial charge is 0.397 e. The number of carbonyl (C=O) groups excluding carboxylic acids is 1. The molecule has 1 aliphatic heterocycles. The summed E-state index contributed by atoms with van der Waals surface area (Å²) in [5.74, 6) is -0.0151. The number of amides is 1. The molecule has 0 unspecified atom stereocenters. The Morgan fingerprint density at radius 2 is 1.78 bits per heavy atom. The van der Waals surface area contributed by atoms with Crippen molar-refractivity contribution in [3.05, 3.63) is 17.7 Å². The van der Waals surface area contributed by atoms with Gasteiger partial charge in [0.15, 0.2) is 0 Å². The molecule has 1 aromatic rings. The van der Waals surface area contributed by atoms with Crippen LogP contribution in [0, 0.1) is 12.3 Å². The molecule has 0 saturated carbocycles. The molecule has 1 aromatic carbocycles. The highest BCUT2D eigenvalue weighted by Gasteiger charge is 2.27. The van der Waals surface area contributed by atoms with E-state index < -0.39 is 5.41 Å². The van der Waals surface area contributed by atoms with Crippen molar-refractivity contribution in [3.8, 4) is 0 Å². The number of rotatable bonds is 2. The average Bonchev–Trinajstić information content (AvgIpc) is 2.42. The van der Waals surface area contributed by atoms with Crippen molar-refractivity contribution in [2.24, 2.45) is 5.41 Å². The van der Waals surface area contributed by atoms with Crippen LogP contribution in [0.4, 0.5) is 17.1 Å². The van der Waals surface area contributed by atoms with Crippen LogP contribution in [0.15, 0.2) is 12.1 Å². The minimum Gasteiger partial charge on any atom is -0.397 e. The summed E-state index contributed by atoms with van der Waals surface area (Å²) >= 11 is 0. The highest BCUT2D eigenvalue weighted by Crippen LogP contribution is 2.36. The molecule has 0 bridgehead atoms. The van der Waals surface area contributed by atoms with E-state index in [2.05, 4.69) is 31.0 Å². The number of hydrogen-bond donors (Lipinski definition) is 2. The minimum absolute atomic E-state index is 0.0151. The molecule has 1 heterocycles. The number of anilines is 3. The van der Waals surface area contributed by atoms with Crippen LogP contribution >= 0.6 is 0 Å². The third-order valence-corrected chi connectivity index (χ3v) is 4.77. The number of nitrogen functional groups attached to an aromatic ring is 1. The molecule has 2 atom stereocenters. The maximum absolute atomic E-state index is 12.3. The average molecular weight is 317 g/mol. The van der Waals surface area contributed by atoms with Gasteiger partial charge in [0.05, 0.1) is 11.4 Å². The van der Waals surface area contributed by atoms with Crippen molar-refractivity contribution >= 4 is 23.0 Å². The van der Waals surface area contributed by atoms with E-state index in [9.17, 15) is 4.79 Å². The second-order valence-corrected chi connectivity index (χ2v) is 7.97. The minimum atomic E-state index is -0.441. The summed E-state index contributed by atoms with van der Waals surface area (Å²) in [5.41, 5.74) is 9.40. The summed E-state index contributed by atoms with van der Waals surface area (Å²) in [4.78, 5) is 14.8. The first kappa shape index (κ1) is 17.6. The molecular weight excluding hydrogens is 286 g/mol. The van der Waals surface area contributed by atoms with Gasteiger partial charge < -0.3 is 16.0 Å². The summed E-state index contributed by atoms with van der Waals surface area (Å²) < 4.78 is 0. The van der Waals surface area contributed by atoms with Gasteiger partial charge in [-0.1, -0.05) is 20.8 Å². The van der Waals surface area contributed by atoms with E-state index in [0.29, 0.717) is 17.8 Å². The number of hydrogen-bond acceptors (Lipinski definition) is 3. The molecule has 128 valence electrons. The Balaban J connectivity index is 2.38. The molecule has 1 fully saturated rings. The normalized spacial score (nSPS) is 22.1. The first-order chi connectivity index (χ1) is 10.6. The van der Waals surface area contributed by atoms with Crippen LogP contribution in [0.2, 0.25) is 0 Å². The number of piperidine rings is 1. The fourth-order valence-corrected chi connectivity index (χ4v) is 3.31. The van der Waals surface area contributed by atoms with E-state index in [0.717, 1.165) is 11.3 Å². The highest BCUT2D eigenvalue weighted by atomic mass is 16.2. The first-order valence-electron chi connectivity index (χ1n) is 8.61. The number of nitrogens with two attached hydrogens (primary N) is 1. The van der Waals surface area contributed by atoms with Crippen molar-refractivity contribution in [1.29, 1.82) is 0 Å². The van der Waals surface area contributed by atoms with Gasteiger partial charge in [0.1, 0.15) is 0 Å². The van der Waals surface area contributed by atoms with Gasteiger partial charge >= 0.3 is 0 Å². The van der Waals surface area contributed by atoms with Crippen molar-refractivity contribution < 1.29 is 4.79 Å². The highest BCUT2D eigenvalue weighted by molar-refractivity contribution is 5.98. The van der Waals surface area contributed by atoms with Gasteiger partial charge in [0.25, 0.3) is 0 Å². The number of aryl methyl sites for hydroxylation is 1. The Kier molecular flexibility index (Phi) is 4.92. The molecule has 0 radical (unpaired) electrons. The summed E-state index contributed by atoms with van der Waals surface area (Å²) in [6.45, 7) is 12.4. The van der Waals surface area contributed by atoms with Gasteiger partial charge in [-0.3, -0.25) is 4.79 Å². The molecule has 0 aromatic heterocycles. The summed E-state index contributed by atoms with van der Waals surface area (Å²) in [6.07, 6.45) is 3.69. The van der Waals surface area contributed by atoms with Crippen LogP contribution in [0.3, 0.4) is 0 Å². The molecule has 1 saturated heterocycles. The Morgan fingerprint density at radius 3 is 2.30 bits per heavy atom. The fraction of sp³-hybridized carbons (Fsp3) is 0.632. The van der Waals surface area contributed by atoms with Gasteiger partial charge in [-0.2, -0.15) is 0 Å². The van der Waals surface area contributed by atoms with Crippen LogP contribution in [0.1, 0.15) is 59.4 Å². The predicted molar refractivity (Wildman–Crippen MR) is 98.9 cm³/mol. The zero-order valence-corrected chi connectivity index (χ0v) is 15.4. The van der Waals surface area contributed by atoms with Crippen LogP contribution in [0.25, 0.3) is 0 Å². The molecule has 2 rings (SSSR count). The van der Waals surface area contributed by atoms with E-state index in [1.165, 1.54) is 24.9 Å². The summed E-state index contributed by atoms with van der Waals surface area (Å²) in [5, 5.41) is 3.00. The van der Waals surface area contributed by atoms with E-state index in [4.69, 9.17) is 5.73 Å².